The van der Waals surface area contributed by atoms with Gasteiger partial charge in [0.05, 0.1) is 13.2 Å². The molecule has 3 nitrogen and oxygen atoms in total. The van der Waals surface area contributed by atoms with Gasteiger partial charge in [-0.05, 0) is 0 Å². The van der Waals surface area contributed by atoms with Crippen LogP contribution in [0.5, 0.6) is 0 Å². The minimum atomic E-state index is 0.343. The highest BCUT2D eigenvalue weighted by Crippen LogP contribution is 1.83. The third-order valence-corrected chi connectivity index (χ3v) is 1.64. The Morgan fingerprint density at radius 2 is 1.75 bits per heavy atom. The van der Waals surface area contributed by atoms with E-state index in [-0.39, 0.29) is 0 Å². The van der Waals surface area contributed by atoms with Gasteiger partial charge in [-0.15, -0.1) is 0 Å². The van der Waals surface area contributed by atoms with E-state index in [1.54, 1.807) is 0 Å². The standard InChI is InChI=1S/C5H10O.C4H9NO/c1-3-5(6)4-2;1-3-6-4-2-5-1/h3-4H2,1-2H3;5H,1-4H2. The first-order chi connectivity index (χ1) is 5.81. The molecule has 1 saturated heterocycles. The van der Waals surface area contributed by atoms with Crippen LogP contribution in [0.25, 0.3) is 0 Å². The van der Waals surface area contributed by atoms with Gasteiger partial charge in [0.25, 0.3) is 0 Å². The van der Waals surface area contributed by atoms with Gasteiger partial charge in [-0.3, -0.25) is 4.79 Å². The normalized spacial score (nSPS) is 16.2. The summed E-state index contributed by atoms with van der Waals surface area (Å²) in [5.41, 5.74) is 0. The molecular formula is C9H19NO2. The second-order valence-electron chi connectivity index (χ2n) is 2.61. The van der Waals surface area contributed by atoms with Crippen LogP contribution in [0.15, 0.2) is 0 Å². The Labute approximate surface area is 74.5 Å². The number of ether oxygens (including phenoxy) is 1. The minimum Gasteiger partial charge on any atom is -0.379 e. The summed E-state index contributed by atoms with van der Waals surface area (Å²) in [5, 5.41) is 3.16. The molecule has 1 fully saturated rings. The fourth-order valence-corrected chi connectivity index (χ4v) is 0.766. The predicted molar refractivity (Wildman–Crippen MR) is 49.3 cm³/mol. The molecule has 1 heterocycles. The topological polar surface area (TPSA) is 38.3 Å². The van der Waals surface area contributed by atoms with E-state index in [9.17, 15) is 4.79 Å². The predicted octanol–water partition coefficient (Wildman–Crippen LogP) is 0.982. The number of ketones is 1. The summed E-state index contributed by atoms with van der Waals surface area (Å²) in [6.07, 6.45) is 1.38. The number of rotatable bonds is 2. The van der Waals surface area contributed by atoms with E-state index in [4.69, 9.17) is 4.74 Å². The molecule has 0 aliphatic carbocycles. The Morgan fingerprint density at radius 3 is 1.83 bits per heavy atom. The van der Waals surface area contributed by atoms with Crippen LogP contribution in [0.4, 0.5) is 0 Å². The van der Waals surface area contributed by atoms with Crippen LogP contribution in [0.3, 0.4) is 0 Å². The van der Waals surface area contributed by atoms with Crippen LogP contribution < -0.4 is 5.32 Å². The quantitative estimate of drug-likeness (QED) is 0.676. The van der Waals surface area contributed by atoms with Gasteiger partial charge in [0.1, 0.15) is 5.78 Å². The zero-order chi connectivity index (χ0) is 9.23. The molecule has 3 heteroatoms. The first-order valence-corrected chi connectivity index (χ1v) is 4.61. The van der Waals surface area contributed by atoms with Crippen molar-refractivity contribution in [2.24, 2.45) is 0 Å². The molecule has 0 spiro atoms. The number of hydrogen-bond donors (Lipinski definition) is 1. The van der Waals surface area contributed by atoms with E-state index >= 15 is 0 Å². The van der Waals surface area contributed by atoms with E-state index in [1.165, 1.54) is 0 Å². The van der Waals surface area contributed by atoms with Crippen molar-refractivity contribution in [3.63, 3.8) is 0 Å². The summed E-state index contributed by atoms with van der Waals surface area (Å²) in [7, 11) is 0. The molecule has 0 aromatic heterocycles. The molecule has 1 aliphatic heterocycles. The molecular weight excluding hydrogens is 154 g/mol. The Bertz CT molecular complexity index is 93.6. The number of morpholine rings is 1. The van der Waals surface area contributed by atoms with Gasteiger partial charge in [0, 0.05) is 25.9 Å². The molecule has 0 aromatic carbocycles. The summed E-state index contributed by atoms with van der Waals surface area (Å²) in [6.45, 7) is 7.59. The van der Waals surface area contributed by atoms with Crippen molar-refractivity contribution in [2.75, 3.05) is 26.3 Å². The van der Waals surface area contributed by atoms with E-state index in [2.05, 4.69) is 5.32 Å². The average molecular weight is 173 g/mol. The van der Waals surface area contributed by atoms with Gasteiger partial charge >= 0.3 is 0 Å². The molecule has 0 amide bonds. The maximum atomic E-state index is 10.2. The fraction of sp³-hybridized carbons (Fsp3) is 0.889. The van der Waals surface area contributed by atoms with Gasteiger partial charge in [-0.2, -0.15) is 0 Å². The highest BCUT2D eigenvalue weighted by Gasteiger charge is 1.92. The lowest BCUT2D eigenvalue weighted by Crippen LogP contribution is -2.30. The zero-order valence-corrected chi connectivity index (χ0v) is 8.06. The Hall–Kier alpha value is -0.410. The van der Waals surface area contributed by atoms with Crippen LogP contribution in [0.1, 0.15) is 26.7 Å². The smallest absolute Gasteiger partial charge is 0.132 e. The van der Waals surface area contributed by atoms with Crippen molar-refractivity contribution in [2.45, 2.75) is 26.7 Å². The van der Waals surface area contributed by atoms with Crippen LogP contribution in [-0.4, -0.2) is 32.1 Å². The molecule has 1 rings (SSSR count). The molecule has 72 valence electrons. The number of Topliss-reactive ketones (excluding diaryl/α,β-unsaturated/α-hetero) is 1. The summed E-state index contributed by atoms with van der Waals surface area (Å²) in [4.78, 5) is 10.2. The SMILES string of the molecule is C1COCCN1.CCC(=O)CC. The van der Waals surface area contributed by atoms with Crippen molar-refractivity contribution in [1.29, 1.82) is 0 Å². The van der Waals surface area contributed by atoms with Gasteiger partial charge in [-0.1, -0.05) is 13.8 Å². The molecule has 1 N–H and O–H groups in total. The van der Waals surface area contributed by atoms with Gasteiger partial charge in [0.15, 0.2) is 0 Å². The lowest BCUT2D eigenvalue weighted by molar-refractivity contribution is -0.118. The Morgan fingerprint density at radius 1 is 1.25 bits per heavy atom. The van der Waals surface area contributed by atoms with Crippen LogP contribution in [0, 0.1) is 0 Å². The molecule has 0 atom stereocenters. The van der Waals surface area contributed by atoms with E-state index < -0.39 is 0 Å². The highest BCUT2D eigenvalue weighted by molar-refractivity contribution is 5.77. The minimum absolute atomic E-state index is 0.343. The molecule has 0 bridgehead atoms. The second-order valence-corrected chi connectivity index (χ2v) is 2.61. The third-order valence-electron chi connectivity index (χ3n) is 1.64. The lowest BCUT2D eigenvalue weighted by Gasteiger charge is -2.10. The van der Waals surface area contributed by atoms with Crippen molar-refractivity contribution in [3.05, 3.63) is 0 Å². The summed E-state index contributed by atoms with van der Waals surface area (Å²) >= 11 is 0. The maximum absolute atomic E-state index is 10.2. The molecule has 0 aromatic rings. The lowest BCUT2D eigenvalue weighted by atomic mass is 10.3. The Kier molecular flexibility index (Phi) is 8.39. The number of nitrogens with one attached hydrogen (secondary N) is 1. The van der Waals surface area contributed by atoms with Crippen LogP contribution in [0.2, 0.25) is 0 Å². The van der Waals surface area contributed by atoms with Gasteiger partial charge in [0.2, 0.25) is 0 Å². The summed E-state index contributed by atoms with van der Waals surface area (Å²) in [5.74, 6) is 0.343. The third kappa shape index (κ3) is 7.69. The molecule has 12 heavy (non-hydrogen) atoms. The fourth-order valence-electron chi connectivity index (χ4n) is 0.766. The second kappa shape index (κ2) is 8.68. The van der Waals surface area contributed by atoms with Crippen molar-refractivity contribution >= 4 is 5.78 Å². The molecule has 0 unspecified atom stereocenters. The molecule has 0 radical (unpaired) electrons. The van der Waals surface area contributed by atoms with E-state index in [1.807, 2.05) is 13.8 Å². The van der Waals surface area contributed by atoms with Crippen molar-refractivity contribution in [1.82, 2.24) is 5.32 Å². The van der Waals surface area contributed by atoms with E-state index in [0.717, 1.165) is 26.3 Å². The molecule has 0 saturated carbocycles. The van der Waals surface area contributed by atoms with E-state index in [0.29, 0.717) is 18.6 Å². The number of carbonyl (C=O) groups excluding carboxylic acids is 1. The summed E-state index contributed by atoms with van der Waals surface area (Å²) in [6, 6.07) is 0. The largest absolute Gasteiger partial charge is 0.379 e. The molecule has 1 aliphatic rings. The Balaban J connectivity index is 0.000000202. The highest BCUT2D eigenvalue weighted by atomic mass is 16.5. The first-order valence-electron chi connectivity index (χ1n) is 4.61. The van der Waals surface area contributed by atoms with Crippen LogP contribution >= 0.6 is 0 Å². The number of carbonyl (C=O) groups is 1. The van der Waals surface area contributed by atoms with Crippen LogP contribution in [-0.2, 0) is 9.53 Å². The maximum Gasteiger partial charge on any atom is 0.132 e. The summed E-state index contributed by atoms with van der Waals surface area (Å²) < 4.78 is 5.01. The van der Waals surface area contributed by atoms with Gasteiger partial charge in [-0.25, -0.2) is 0 Å². The van der Waals surface area contributed by atoms with Gasteiger partial charge < -0.3 is 10.1 Å². The van der Waals surface area contributed by atoms with Crippen molar-refractivity contribution < 1.29 is 9.53 Å². The zero-order valence-electron chi connectivity index (χ0n) is 8.06. The average Bonchev–Trinajstić information content (AvgIpc) is 2.20. The van der Waals surface area contributed by atoms with Crippen molar-refractivity contribution in [3.8, 4) is 0 Å². The first kappa shape index (κ1) is 11.6. The monoisotopic (exact) mass is 173 g/mol. The number of hydrogen-bond acceptors (Lipinski definition) is 3.